The molecule has 174 valence electrons. The fourth-order valence-corrected chi connectivity index (χ4v) is 3.96. The van der Waals surface area contributed by atoms with Crippen molar-refractivity contribution < 1.29 is 42.4 Å². The zero-order valence-corrected chi connectivity index (χ0v) is 20.8. The molecule has 0 saturated carbocycles. The summed E-state index contributed by atoms with van der Waals surface area (Å²) in [6.07, 6.45) is 5.42. The predicted molar refractivity (Wildman–Crippen MR) is 121 cm³/mol. The van der Waals surface area contributed by atoms with Gasteiger partial charge < -0.3 is 38.5 Å². The molecule has 6 nitrogen and oxygen atoms in total. The predicted octanol–water partition coefficient (Wildman–Crippen LogP) is 1.44. The Morgan fingerprint density at radius 1 is 1.00 bits per heavy atom. The van der Waals surface area contributed by atoms with Crippen LogP contribution < -0.4 is 34.0 Å². The fraction of sp³-hybridized carbons (Fsp3) is 0.320. The molecule has 0 aliphatic carbocycles. The minimum atomic E-state index is -0.309. The highest BCUT2D eigenvalue weighted by molar-refractivity contribution is 5.92. The topological polar surface area (TPSA) is 64.1 Å². The number of carbonyl (C=O) groups is 1. The number of nitrogens with one attached hydrogen (secondary N) is 1. The Morgan fingerprint density at radius 3 is 2.30 bits per heavy atom. The molecular formula is C25H28FIN4O2. The highest BCUT2D eigenvalue weighted by atomic mass is 127. The van der Waals surface area contributed by atoms with Gasteiger partial charge in [0.15, 0.2) is 5.82 Å². The fourth-order valence-electron chi connectivity index (χ4n) is 3.96. The Bertz CT molecular complexity index is 1050. The van der Waals surface area contributed by atoms with Crippen LogP contribution in [-0.2, 0) is 0 Å². The van der Waals surface area contributed by atoms with Crippen LogP contribution in [0.15, 0.2) is 60.8 Å². The number of benzene rings is 2. The molecule has 1 aliphatic heterocycles. The van der Waals surface area contributed by atoms with E-state index in [2.05, 4.69) is 22.3 Å². The summed E-state index contributed by atoms with van der Waals surface area (Å²) < 4.78 is 19.8. The number of nitrogens with zero attached hydrogens (tertiary/aromatic N) is 3. The van der Waals surface area contributed by atoms with Crippen molar-refractivity contribution in [3.05, 3.63) is 72.3 Å². The van der Waals surface area contributed by atoms with Gasteiger partial charge in [-0.3, -0.25) is 4.79 Å². The number of likely N-dealkylation sites (N-methyl/N-ethyl adjacent to an activating group) is 1. The van der Waals surface area contributed by atoms with Crippen LogP contribution in [0.4, 0.5) is 4.39 Å². The molecular weight excluding hydrogens is 534 g/mol. The zero-order chi connectivity index (χ0) is 22.4. The van der Waals surface area contributed by atoms with E-state index in [9.17, 15) is 9.18 Å². The van der Waals surface area contributed by atoms with Crippen LogP contribution in [0.5, 0.6) is 11.5 Å². The maximum Gasteiger partial charge on any atom is 0.270 e. The van der Waals surface area contributed by atoms with Gasteiger partial charge in [-0.1, -0.05) is 0 Å². The van der Waals surface area contributed by atoms with Gasteiger partial charge in [0.25, 0.3) is 5.91 Å². The maximum atomic E-state index is 13.0. The Morgan fingerprint density at radius 2 is 1.64 bits per heavy atom. The molecule has 8 heteroatoms. The van der Waals surface area contributed by atoms with E-state index in [0.29, 0.717) is 29.6 Å². The Labute approximate surface area is 210 Å². The second-order valence-electron chi connectivity index (χ2n) is 8.45. The van der Waals surface area contributed by atoms with Gasteiger partial charge in [0.05, 0.1) is 33.2 Å². The molecule has 0 unspecified atom stereocenters. The number of hydrogen-bond acceptors (Lipinski definition) is 4. The van der Waals surface area contributed by atoms with E-state index >= 15 is 0 Å². The second kappa shape index (κ2) is 11.5. The lowest BCUT2D eigenvalue weighted by Crippen LogP contribution is -3.00. The first kappa shape index (κ1) is 25.0. The molecule has 1 aromatic heterocycles. The van der Waals surface area contributed by atoms with Gasteiger partial charge >= 0.3 is 0 Å². The number of aromatic nitrogens is 2. The van der Waals surface area contributed by atoms with Crippen molar-refractivity contribution in [1.29, 1.82) is 0 Å². The van der Waals surface area contributed by atoms with Gasteiger partial charge in [0.1, 0.15) is 23.0 Å². The molecule has 0 spiro atoms. The Balaban J connectivity index is 0.00000306. The molecule has 2 heterocycles. The quantitative estimate of drug-likeness (QED) is 0.350. The average molecular weight is 562 g/mol. The third-order valence-corrected chi connectivity index (χ3v) is 5.88. The summed E-state index contributed by atoms with van der Waals surface area (Å²) in [6.45, 7) is 3.91. The summed E-state index contributed by atoms with van der Waals surface area (Å²) in [5.74, 6) is 1.14. The number of rotatable bonds is 7. The number of hydrogen-bond donors (Lipinski definition) is 1. The van der Waals surface area contributed by atoms with Crippen LogP contribution in [0, 0.1) is 5.82 Å². The number of amides is 1. The molecule has 1 fully saturated rings. The Kier molecular flexibility index (Phi) is 8.74. The van der Waals surface area contributed by atoms with Crippen LogP contribution in [0.25, 0.3) is 11.4 Å². The van der Waals surface area contributed by atoms with Crippen molar-refractivity contribution in [2.75, 3.05) is 33.2 Å². The molecule has 4 rings (SSSR count). The molecule has 2 aromatic carbocycles. The summed E-state index contributed by atoms with van der Waals surface area (Å²) in [4.78, 5) is 21.3. The summed E-state index contributed by atoms with van der Waals surface area (Å²) >= 11 is 0. The smallest absolute Gasteiger partial charge is 0.270 e. The van der Waals surface area contributed by atoms with Crippen molar-refractivity contribution in [1.82, 2.24) is 15.3 Å². The van der Waals surface area contributed by atoms with E-state index in [1.807, 2.05) is 12.1 Å². The molecule has 1 aliphatic rings. The van der Waals surface area contributed by atoms with Crippen molar-refractivity contribution in [3.8, 4) is 22.9 Å². The standard InChI is InChI=1S/C25H27FN4O2.HI/c1-30(16-3-2-4-17-30)18-15-28-25(31)23-13-14-27-24(29-23)19-5-9-21(10-6-19)32-22-11-7-20(26)8-12-22;/h5-14H,2-4,15-18H2,1H3;1H. The van der Waals surface area contributed by atoms with E-state index in [-0.39, 0.29) is 35.7 Å². The van der Waals surface area contributed by atoms with Crippen molar-refractivity contribution in [2.45, 2.75) is 19.3 Å². The molecule has 0 atom stereocenters. The van der Waals surface area contributed by atoms with Gasteiger partial charge in [-0.05, 0) is 73.9 Å². The van der Waals surface area contributed by atoms with Crippen LogP contribution in [-0.4, -0.2) is 53.6 Å². The number of halogens is 2. The van der Waals surface area contributed by atoms with E-state index < -0.39 is 0 Å². The van der Waals surface area contributed by atoms with Crippen LogP contribution in [0.1, 0.15) is 29.8 Å². The van der Waals surface area contributed by atoms with Crippen molar-refractivity contribution >= 4 is 5.91 Å². The monoisotopic (exact) mass is 562 g/mol. The van der Waals surface area contributed by atoms with E-state index in [4.69, 9.17) is 4.74 Å². The highest BCUT2D eigenvalue weighted by Gasteiger charge is 2.24. The normalized spacial score (nSPS) is 14.7. The molecule has 1 amide bonds. The number of carbonyl (C=O) groups excluding carboxylic acids is 1. The SMILES string of the molecule is C[N+]1(CCNC(=O)c2ccnc(-c3ccc(Oc4ccc(F)cc4)cc3)n2)CCCCC1.[I-]. The number of quaternary nitrogens is 1. The van der Waals surface area contributed by atoms with E-state index in [0.717, 1.165) is 16.6 Å². The first-order valence-corrected chi connectivity index (χ1v) is 11.0. The average Bonchev–Trinajstić information content (AvgIpc) is 2.81. The summed E-state index contributed by atoms with van der Waals surface area (Å²) in [7, 11) is 2.26. The minimum Gasteiger partial charge on any atom is -1.00 e. The maximum absolute atomic E-state index is 13.0. The largest absolute Gasteiger partial charge is 1.00 e. The zero-order valence-electron chi connectivity index (χ0n) is 18.6. The summed E-state index contributed by atoms with van der Waals surface area (Å²) in [5.41, 5.74) is 1.13. The molecule has 33 heavy (non-hydrogen) atoms. The lowest BCUT2D eigenvalue weighted by molar-refractivity contribution is -0.912. The third-order valence-electron chi connectivity index (χ3n) is 5.88. The van der Waals surface area contributed by atoms with Gasteiger partial charge in [-0.15, -0.1) is 0 Å². The summed E-state index contributed by atoms with van der Waals surface area (Å²) in [6, 6.07) is 14.7. The van der Waals surface area contributed by atoms with Crippen LogP contribution in [0.3, 0.4) is 0 Å². The van der Waals surface area contributed by atoms with Gasteiger partial charge in [-0.2, -0.15) is 0 Å². The van der Waals surface area contributed by atoms with Gasteiger partial charge in [0, 0.05) is 11.8 Å². The first-order valence-electron chi connectivity index (χ1n) is 11.0. The number of ether oxygens (including phenoxy) is 1. The molecule has 1 saturated heterocycles. The van der Waals surface area contributed by atoms with Crippen molar-refractivity contribution in [2.24, 2.45) is 0 Å². The van der Waals surface area contributed by atoms with Crippen LogP contribution in [0.2, 0.25) is 0 Å². The van der Waals surface area contributed by atoms with Gasteiger partial charge in [-0.25, -0.2) is 14.4 Å². The molecule has 0 bridgehead atoms. The lowest BCUT2D eigenvalue weighted by atomic mass is 10.1. The molecule has 3 aromatic rings. The van der Waals surface area contributed by atoms with Gasteiger partial charge in [0.2, 0.25) is 0 Å². The van der Waals surface area contributed by atoms with Crippen molar-refractivity contribution in [3.63, 3.8) is 0 Å². The molecule has 1 N–H and O–H groups in total. The number of piperidine rings is 1. The number of likely N-dealkylation sites (tertiary alicyclic amines) is 1. The first-order chi connectivity index (χ1) is 15.5. The lowest BCUT2D eigenvalue weighted by Gasteiger charge is -2.37. The second-order valence-corrected chi connectivity index (χ2v) is 8.45. The minimum absolute atomic E-state index is 0. The summed E-state index contributed by atoms with van der Waals surface area (Å²) in [5, 5.41) is 3.00. The Hall–Kier alpha value is -2.59. The highest BCUT2D eigenvalue weighted by Crippen LogP contribution is 2.24. The molecule has 0 radical (unpaired) electrons. The van der Waals surface area contributed by atoms with E-state index in [1.54, 1.807) is 36.5 Å². The third kappa shape index (κ3) is 6.94. The van der Waals surface area contributed by atoms with E-state index in [1.165, 1.54) is 44.5 Å². The van der Waals surface area contributed by atoms with Crippen LogP contribution >= 0.6 is 0 Å².